The molecular weight excluding hydrogens is 142 g/mol. The molecule has 1 amide bonds. The molecular formula is C8H13NO2. The van der Waals surface area contributed by atoms with Crippen molar-refractivity contribution in [3.8, 4) is 0 Å². The molecule has 3 nitrogen and oxygen atoms in total. The molecule has 1 unspecified atom stereocenters. The highest BCUT2D eigenvalue weighted by molar-refractivity contribution is 5.73. The Labute approximate surface area is 66.1 Å². The Morgan fingerprint density at radius 3 is 2.91 bits per heavy atom. The maximum Gasteiger partial charge on any atom is 0.217 e. The zero-order chi connectivity index (χ0) is 8.27. The van der Waals surface area contributed by atoms with Gasteiger partial charge >= 0.3 is 0 Å². The Hall–Kier alpha value is -0.830. The lowest BCUT2D eigenvalue weighted by Crippen LogP contribution is -2.30. The zero-order valence-corrected chi connectivity index (χ0v) is 6.58. The van der Waals surface area contributed by atoms with Crippen LogP contribution < -0.4 is 5.32 Å². The average molecular weight is 155 g/mol. The zero-order valence-electron chi connectivity index (χ0n) is 6.58. The second-order valence-corrected chi connectivity index (χ2v) is 2.87. The van der Waals surface area contributed by atoms with Crippen molar-refractivity contribution in [2.75, 3.05) is 6.61 Å². The van der Waals surface area contributed by atoms with Crippen molar-refractivity contribution >= 4 is 5.91 Å². The van der Waals surface area contributed by atoms with Gasteiger partial charge in [0.1, 0.15) is 0 Å². The van der Waals surface area contributed by atoms with Gasteiger partial charge in [0, 0.05) is 25.5 Å². The highest BCUT2D eigenvalue weighted by atomic mass is 16.3. The summed E-state index contributed by atoms with van der Waals surface area (Å²) in [6.07, 6.45) is 4.71. The minimum absolute atomic E-state index is 0.0155. The van der Waals surface area contributed by atoms with Crippen LogP contribution in [0, 0.1) is 5.92 Å². The number of hydrogen-bond donors (Lipinski definition) is 2. The third-order valence-electron chi connectivity index (χ3n) is 1.80. The first-order valence-electron chi connectivity index (χ1n) is 3.78. The predicted octanol–water partition coefficient (Wildman–Crippen LogP) is 0.0595. The van der Waals surface area contributed by atoms with Gasteiger partial charge in [0.15, 0.2) is 0 Å². The van der Waals surface area contributed by atoms with Gasteiger partial charge in [-0.25, -0.2) is 0 Å². The first kappa shape index (κ1) is 8.27. The summed E-state index contributed by atoms with van der Waals surface area (Å²) in [4.78, 5) is 10.6. The number of aliphatic hydroxyl groups is 1. The molecule has 0 heterocycles. The Bertz CT molecular complexity index is 177. The fourth-order valence-corrected chi connectivity index (χ4v) is 1.28. The van der Waals surface area contributed by atoms with Crippen LogP contribution >= 0.6 is 0 Å². The standard InChI is InChI=1S/C8H13NO2/c1-6(11)9-8-3-2-7(4-8)5-10/h2-3,7-8,10H,4-5H2,1H3,(H,9,11)/t7?,8-/m1/s1. The molecule has 0 bridgehead atoms. The van der Waals surface area contributed by atoms with Crippen LogP contribution in [0.1, 0.15) is 13.3 Å². The van der Waals surface area contributed by atoms with Crippen LogP contribution in [0.2, 0.25) is 0 Å². The molecule has 62 valence electrons. The topological polar surface area (TPSA) is 49.3 Å². The van der Waals surface area contributed by atoms with E-state index in [9.17, 15) is 4.79 Å². The molecule has 0 spiro atoms. The number of nitrogens with one attached hydrogen (secondary N) is 1. The van der Waals surface area contributed by atoms with E-state index in [4.69, 9.17) is 5.11 Å². The monoisotopic (exact) mass is 155 g/mol. The molecule has 0 aromatic rings. The minimum atomic E-state index is -0.0155. The summed E-state index contributed by atoms with van der Waals surface area (Å²) in [7, 11) is 0. The van der Waals surface area contributed by atoms with Crippen LogP contribution in [0.15, 0.2) is 12.2 Å². The van der Waals surface area contributed by atoms with E-state index < -0.39 is 0 Å². The van der Waals surface area contributed by atoms with Crippen LogP contribution in [0.5, 0.6) is 0 Å². The van der Waals surface area contributed by atoms with Crippen LogP contribution in [-0.4, -0.2) is 23.7 Å². The van der Waals surface area contributed by atoms with Crippen molar-refractivity contribution in [3.63, 3.8) is 0 Å². The van der Waals surface area contributed by atoms with E-state index in [0.29, 0.717) is 0 Å². The van der Waals surface area contributed by atoms with Gasteiger partial charge in [-0.05, 0) is 6.42 Å². The molecule has 2 atom stereocenters. The summed E-state index contributed by atoms with van der Waals surface area (Å²) in [5.41, 5.74) is 0. The second kappa shape index (κ2) is 3.53. The lowest BCUT2D eigenvalue weighted by atomic mass is 10.1. The molecule has 3 heteroatoms. The number of aliphatic hydroxyl groups excluding tert-OH is 1. The van der Waals surface area contributed by atoms with E-state index >= 15 is 0 Å². The Morgan fingerprint density at radius 2 is 2.45 bits per heavy atom. The third kappa shape index (κ3) is 2.35. The fraction of sp³-hybridized carbons (Fsp3) is 0.625. The summed E-state index contributed by atoms with van der Waals surface area (Å²) in [6, 6.07) is 0.129. The summed E-state index contributed by atoms with van der Waals surface area (Å²) >= 11 is 0. The van der Waals surface area contributed by atoms with Gasteiger partial charge in [0.05, 0.1) is 0 Å². The molecule has 1 aliphatic rings. The van der Waals surface area contributed by atoms with E-state index in [2.05, 4.69) is 5.32 Å². The predicted molar refractivity (Wildman–Crippen MR) is 41.9 cm³/mol. The Kier molecular flexibility index (Phi) is 2.65. The molecule has 11 heavy (non-hydrogen) atoms. The first-order valence-corrected chi connectivity index (χ1v) is 3.78. The van der Waals surface area contributed by atoms with Crippen molar-refractivity contribution in [2.45, 2.75) is 19.4 Å². The van der Waals surface area contributed by atoms with Crippen LogP contribution in [0.4, 0.5) is 0 Å². The Morgan fingerprint density at radius 1 is 1.73 bits per heavy atom. The molecule has 0 aromatic carbocycles. The van der Waals surface area contributed by atoms with Crippen molar-refractivity contribution in [2.24, 2.45) is 5.92 Å². The maximum atomic E-state index is 10.6. The minimum Gasteiger partial charge on any atom is -0.396 e. The van der Waals surface area contributed by atoms with Crippen LogP contribution in [0.25, 0.3) is 0 Å². The van der Waals surface area contributed by atoms with Crippen molar-refractivity contribution < 1.29 is 9.90 Å². The molecule has 0 saturated heterocycles. The maximum absolute atomic E-state index is 10.6. The lowest BCUT2D eigenvalue weighted by Gasteiger charge is -2.10. The molecule has 0 aliphatic heterocycles. The normalized spacial score (nSPS) is 28.9. The van der Waals surface area contributed by atoms with E-state index in [1.165, 1.54) is 6.92 Å². The van der Waals surface area contributed by atoms with E-state index in [-0.39, 0.29) is 24.5 Å². The van der Waals surface area contributed by atoms with Gasteiger partial charge in [-0.2, -0.15) is 0 Å². The van der Waals surface area contributed by atoms with Crippen LogP contribution in [0.3, 0.4) is 0 Å². The van der Waals surface area contributed by atoms with Gasteiger partial charge in [-0.1, -0.05) is 12.2 Å². The van der Waals surface area contributed by atoms with Gasteiger partial charge in [-0.15, -0.1) is 0 Å². The summed E-state index contributed by atoms with van der Waals surface area (Å²) in [5.74, 6) is 0.213. The van der Waals surface area contributed by atoms with E-state index in [1.54, 1.807) is 0 Å². The SMILES string of the molecule is CC(=O)N[C@@H]1C=CC(CO)C1. The molecule has 1 rings (SSSR count). The number of amides is 1. The second-order valence-electron chi connectivity index (χ2n) is 2.87. The average Bonchev–Trinajstić information content (AvgIpc) is 2.34. The summed E-state index contributed by atoms with van der Waals surface area (Å²) in [5, 5.41) is 11.5. The summed E-state index contributed by atoms with van der Waals surface area (Å²) < 4.78 is 0. The van der Waals surface area contributed by atoms with Crippen molar-refractivity contribution in [1.29, 1.82) is 0 Å². The van der Waals surface area contributed by atoms with Crippen molar-refractivity contribution in [1.82, 2.24) is 5.32 Å². The lowest BCUT2D eigenvalue weighted by molar-refractivity contribution is -0.119. The molecule has 1 aliphatic carbocycles. The number of hydrogen-bond acceptors (Lipinski definition) is 2. The number of carbonyl (C=O) groups excluding carboxylic acids is 1. The van der Waals surface area contributed by atoms with Crippen LogP contribution in [-0.2, 0) is 4.79 Å². The fourth-order valence-electron chi connectivity index (χ4n) is 1.28. The van der Waals surface area contributed by atoms with Gasteiger partial charge in [0.2, 0.25) is 5.91 Å². The van der Waals surface area contributed by atoms with Gasteiger partial charge < -0.3 is 10.4 Å². The number of rotatable bonds is 2. The van der Waals surface area contributed by atoms with Crippen molar-refractivity contribution in [3.05, 3.63) is 12.2 Å². The highest BCUT2D eigenvalue weighted by Crippen LogP contribution is 2.16. The first-order chi connectivity index (χ1) is 5.22. The van der Waals surface area contributed by atoms with Gasteiger partial charge in [0.25, 0.3) is 0 Å². The quantitative estimate of drug-likeness (QED) is 0.554. The molecule has 0 saturated carbocycles. The summed E-state index contributed by atoms with van der Waals surface area (Å²) in [6.45, 7) is 1.67. The van der Waals surface area contributed by atoms with E-state index in [0.717, 1.165) is 6.42 Å². The number of carbonyl (C=O) groups is 1. The molecule has 0 fully saturated rings. The highest BCUT2D eigenvalue weighted by Gasteiger charge is 2.17. The smallest absolute Gasteiger partial charge is 0.217 e. The molecule has 0 radical (unpaired) electrons. The largest absolute Gasteiger partial charge is 0.396 e. The molecule has 0 aromatic heterocycles. The molecule has 2 N–H and O–H groups in total. The Balaban J connectivity index is 2.32. The van der Waals surface area contributed by atoms with E-state index in [1.807, 2.05) is 12.2 Å². The van der Waals surface area contributed by atoms with Gasteiger partial charge in [-0.3, -0.25) is 4.79 Å². The third-order valence-corrected chi connectivity index (χ3v) is 1.80.